The van der Waals surface area contributed by atoms with Crippen molar-refractivity contribution in [3.8, 4) is 0 Å². The Bertz CT molecular complexity index is 578. The normalized spacial score (nSPS) is 17.4. The molecule has 12 heteroatoms. The molecule has 0 fully saturated rings. The van der Waals surface area contributed by atoms with Gasteiger partial charge in [-0.15, -0.1) is 12.6 Å². The molecule has 0 spiro atoms. The van der Waals surface area contributed by atoms with Crippen LogP contribution in [0.1, 0.15) is 27.7 Å². The summed E-state index contributed by atoms with van der Waals surface area (Å²) >= 11 is 3.46. The molecule has 0 bridgehead atoms. The Labute approximate surface area is 165 Å². The predicted octanol–water partition coefficient (Wildman–Crippen LogP) is -3.25. The number of hydrogen-bond donors (Lipinski definition) is 4. The van der Waals surface area contributed by atoms with E-state index in [2.05, 4.69) is 12.6 Å². The van der Waals surface area contributed by atoms with Crippen LogP contribution in [-0.4, -0.2) is 91.9 Å². The second-order valence-corrected chi connectivity index (χ2v) is 5.62. The van der Waals surface area contributed by atoms with Crippen molar-refractivity contribution in [2.75, 3.05) is 6.61 Å². The molecule has 0 saturated carbocycles. The van der Waals surface area contributed by atoms with E-state index in [4.69, 9.17) is 14.6 Å². The zero-order valence-corrected chi connectivity index (χ0v) is 18.6. The van der Waals surface area contributed by atoms with E-state index in [9.17, 15) is 34.2 Å². The Morgan fingerprint density at radius 1 is 0.923 bits per heavy atom. The number of aliphatic hydroxyl groups excluding tert-OH is 3. The third-order valence-electron chi connectivity index (χ3n) is 3.41. The third kappa shape index (κ3) is 4.71. The molecule has 0 amide bonds. The maximum atomic E-state index is 12.3. The summed E-state index contributed by atoms with van der Waals surface area (Å²) < 4.78 is 9.53. The van der Waals surface area contributed by atoms with Crippen molar-refractivity contribution in [2.45, 2.75) is 51.1 Å². The summed E-state index contributed by atoms with van der Waals surface area (Å²) in [5, 5.41) is 27.6. The van der Waals surface area contributed by atoms with Gasteiger partial charge in [0.15, 0.2) is 11.6 Å². The summed E-state index contributed by atoms with van der Waals surface area (Å²) in [5.41, 5.74) is -6.35. The number of aliphatic hydroxyl groups is 3. The number of thiol groups is 1. The molecule has 0 radical (unpaired) electrons. The fourth-order valence-electron chi connectivity index (χ4n) is 2.44. The van der Waals surface area contributed by atoms with Crippen LogP contribution in [0.15, 0.2) is 0 Å². The zero-order chi connectivity index (χ0) is 20.2. The summed E-state index contributed by atoms with van der Waals surface area (Å²) in [5.74, 6) is -5.09. The van der Waals surface area contributed by atoms with Gasteiger partial charge in [-0.05, 0) is 13.8 Å². The number of esters is 2. The van der Waals surface area contributed by atoms with Crippen LogP contribution < -0.4 is 0 Å². The van der Waals surface area contributed by atoms with Crippen molar-refractivity contribution >= 4 is 59.2 Å². The SMILES string of the molecule is CC(=O)OC(C(C)=O)(C(O)C(O)CO)[C@](OC(C)=O)(C(C)=O)C(=O)S.[AsH3]. The van der Waals surface area contributed by atoms with Crippen molar-refractivity contribution in [2.24, 2.45) is 0 Å². The first-order valence-corrected chi connectivity index (χ1v) is 7.37. The molecule has 0 saturated heterocycles. The van der Waals surface area contributed by atoms with Gasteiger partial charge in [-0.3, -0.25) is 24.0 Å². The number of ether oxygens (including phenoxy) is 2. The summed E-state index contributed by atoms with van der Waals surface area (Å²) in [4.78, 5) is 59.8. The van der Waals surface area contributed by atoms with E-state index in [0.29, 0.717) is 0 Å². The molecule has 0 heterocycles. The number of rotatable bonds is 9. The van der Waals surface area contributed by atoms with Crippen molar-refractivity contribution in [1.29, 1.82) is 0 Å². The first-order valence-electron chi connectivity index (χ1n) is 6.92. The van der Waals surface area contributed by atoms with E-state index >= 15 is 0 Å². The van der Waals surface area contributed by atoms with Crippen LogP contribution in [0.4, 0.5) is 0 Å². The summed E-state index contributed by atoms with van der Waals surface area (Å²) in [6, 6.07) is 0. The second kappa shape index (κ2) is 10.2. The van der Waals surface area contributed by atoms with Crippen LogP contribution in [-0.2, 0) is 33.4 Å². The topological polar surface area (TPSA) is 164 Å². The predicted molar refractivity (Wildman–Crippen MR) is 93.4 cm³/mol. The number of hydrogen-bond acceptors (Lipinski definition) is 10. The van der Waals surface area contributed by atoms with Crippen LogP contribution in [0.5, 0.6) is 0 Å². The Morgan fingerprint density at radius 2 is 1.35 bits per heavy atom. The van der Waals surface area contributed by atoms with E-state index < -0.39 is 58.6 Å². The van der Waals surface area contributed by atoms with Gasteiger partial charge >= 0.3 is 29.9 Å². The quantitative estimate of drug-likeness (QED) is 0.119. The molecule has 0 aromatic carbocycles. The maximum absolute atomic E-state index is 12.3. The molecule has 26 heavy (non-hydrogen) atoms. The first-order chi connectivity index (χ1) is 11.3. The van der Waals surface area contributed by atoms with Gasteiger partial charge in [-0.1, -0.05) is 0 Å². The van der Waals surface area contributed by atoms with E-state index in [-0.39, 0.29) is 18.0 Å². The molecule has 10 nitrogen and oxygen atoms in total. The van der Waals surface area contributed by atoms with E-state index in [0.717, 1.165) is 27.7 Å². The summed E-state index contributed by atoms with van der Waals surface area (Å²) in [7, 11) is 0. The van der Waals surface area contributed by atoms with Crippen molar-refractivity contribution in [3.63, 3.8) is 0 Å². The molecule has 150 valence electrons. The van der Waals surface area contributed by atoms with Gasteiger partial charge < -0.3 is 24.8 Å². The van der Waals surface area contributed by atoms with Gasteiger partial charge in [-0.2, -0.15) is 0 Å². The fourth-order valence-corrected chi connectivity index (χ4v) is 2.81. The zero-order valence-electron chi connectivity index (χ0n) is 14.7. The van der Waals surface area contributed by atoms with Gasteiger partial charge in [-0.25, -0.2) is 0 Å². The third-order valence-corrected chi connectivity index (χ3v) is 3.73. The average molecular weight is 458 g/mol. The molecule has 0 aliphatic rings. The van der Waals surface area contributed by atoms with Crippen LogP contribution in [0.2, 0.25) is 0 Å². The minimum absolute atomic E-state index is 0. The average Bonchev–Trinajstić information content (AvgIpc) is 2.47. The minimum atomic E-state index is -3.19. The van der Waals surface area contributed by atoms with Crippen molar-refractivity contribution in [3.05, 3.63) is 0 Å². The number of Topliss-reactive ketones (excluding diaryl/α,β-unsaturated/α-hetero) is 2. The van der Waals surface area contributed by atoms with Crippen molar-refractivity contribution < 1.29 is 48.8 Å². The molecular formula is C14H23AsO10S. The van der Waals surface area contributed by atoms with E-state index in [1.165, 1.54) is 0 Å². The van der Waals surface area contributed by atoms with Gasteiger partial charge in [0, 0.05) is 13.8 Å². The number of ketones is 2. The van der Waals surface area contributed by atoms with Crippen molar-refractivity contribution in [1.82, 2.24) is 0 Å². The van der Waals surface area contributed by atoms with Crippen LogP contribution in [0, 0.1) is 0 Å². The molecule has 0 aliphatic carbocycles. The fraction of sp³-hybridized carbons (Fsp3) is 0.643. The van der Waals surface area contributed by atoms with Gasteiger partial charge in [0.2, 0.25) is 5.12 Å². The molecule has 0 aromatic heterocycles. The van der Waals surface area contributed by atoms with Crippen LogP contribution in [0.25, 0.3) is 0 Å². The van der Waals surface area contributed by atoms with E-state index in [1.807, 2.05) is 0 Å². The van der Waals surface area contributed by atoms with E-state index in [1.54, 1.807) is 0 Å². The molecule has 0 aliphatic heterocycles. The standard InChI is InChI=1S/C14H20O10S.AsH3/c1-6(16)13(23-8(3)18,11(21)10(20)5-15)14(7(2)17,12(22)25)24-9(4)19;/h10-11,15,20-21H,5H2,1-4H3,(H,22,25);1H3/t10?,11?,13?,14-;/m0./s1. The number of carbonyl (C=O) groups excluding carboxylic acids is 5. The molecular weight excluding hydrogens is 435 g/mol. The van der Waals surface area contributed by atoms with Crippen LogP contribution >= 0.6 is 12.6 Å². The Kier molecular flexibility index (Phi) is 10.5. The molecule has 5 atom stereocenters. The number of carbonyl (C=O) groups is 5. The summed E-state index contributed by atoms with van der Waals surface area (Å²) in [6.07, 6.45) is -4.64. The van der Waals surface area contributed by atoms with Gasteiger partial charge in [0.25, 0.3) is 11.2 Å². The van der Waals surface area contributed by atoms with Gasteiger partial charge in [0.1, 0.15) is 12.2 Å². The van der Waals surface area contributed by atoms with Crippen LogP contribution in [0.3, 0.4) is 0 Å². The molecule has 0 aromatic rings. The monoisotopic (exact) mass is 458 g/mol. The molecule has 0 rings (SSSR count). The second-order valence-electron chi connectivity index (χ2n) is 5.22. The Balaban J connectivity index is 0. The molecule has 4 unspecified atom stereocenters. The van der Waals surface area contributed by atoms with Gasteiger partial charge in [0.05, 0.1) is 6.61 Å². The molecule has 3 N–H and O–H groups in total. The first kappa shape index (κ1) is 27.0. The summed E-state index contributed by atoms with van der Waals surface area (Å²) in [6.45, 7) is 1.91. The Morgan fingerprint density at radius 3 is 1.58 bits per heavy atom. The Hall–Kier alpha value is -1.26.